The lowest BCUT2D eigenvalue weighted by molar-refractivity contribution is -0.136. The number of ether oxygens (including phenoxy) is 1. The first-order valence-electron chi connectivity index (χ1n) is 10.7. The Morgan fingerprint density at radius 2 is 1.83 bits per heavy atom. The minimum Gasteiger partial charge on any atom is -0.460 e. The van der Waals surface area contributed by atoms with Crippen LogP contribution in [0.5, 0.6) is 0 Å². The first-order valence-corrected chi connectivity index (χ1v) is 12.1. The fourth-order valence-corrected chi connectivity index (χ4v) is 5.40. The molecule has 1 aromatic heterocycles. The number of hydrogen-bond donors (Lipinski definition) is 0. The van der Waals surface area contributed by atoms with Gasteiger partial charge in [0.05, 0.1) is 13.2 Å². The largest absolute Gasteiger partial charge is 0.460 e. The number of rotatable bonds is 7. The van der Waals surface area contributed by atoms with Crippen molar-refractivity contribution in [2.24, 2.45) is 0 Å². The van der Waals surface area contributed by atoms with Crippen LogP contribution in [0.1, 0.15) is 50.1 Å². The van der Waals surface area contributed by atoms with Crippen molar-refractivity contribution in [1.29, 1.82) is 0 Å². The van der Waals surface area contributed by atoms with E-state index in [-0.39, 0.29) is 36.5 Å². The predicted octanol–water partition coefficient (Wildman–Crippen LogP) is 1.55. The lowest BCUT2D eigenvalue weighted by atomic mass is 10.00. The molecule has 0 saturated carbocycles. The molecule has 0 bridgehead atoms. The number of nitrogens with zero attached hydrogens (tertiary/aromatic N) is 3. The van der Waals surface area contributed by atoms with Crippen LogP contribution in [0.4, 0.5) is 0 Å². The van der Waals surface area contributed by atoms with Crippen LogP contribution < -0.4 is 0 Å². The average Bonchev–Trinajstić information content (AvgIpc) is 3.25. The van der Waals surface area contributed by atoms with Crippen molar-refractivity contribution in [3.63, 3.8) is 0 Å². The van der Waals surface area contributed by atoms with Crippen molar-refractivity contribution in [1.82, 2.24) is 14.1 Å². The van der Waals surface area contributed by atoms with E-state index in [1.807, 2.05) is 9.80 Å². The van der Waals surface area contributed by atoms with Gasteiger partial charge < -0.3 is 14.1 Å². The topological polar surface area (TPSA) is 100 Å². The van der Waals surface area contributed by atoms with E-state index in [2.05, 4.69) is 6.92 Å². The summed E-state index contributed by atoms with van der Waals surface area (Å²) in [5.41, 5.74) is 0. The highest BCUT2D eigenvalue weighted by Crippen LogP contribution is 2.22. The molecule has 2 aliphatic heterocycles. The van der Waals surface area contributed by atoms with Gasteiger partial charge >= 0.3 is 5.97 Å². The van der Waals surface area contributed by atoms with Gasteiger partial charge in [-0.2, -0.15) is 4.31 Å². The first kappa shape index (κ1) is 22.8. The van der Waals surface area contributed by atoms with Gasteiger partial charge in [-0.05, 0) is 44.7 Å². The van der Waals surface area contributed by atoms with Crippen LogP contribution in [0, 0.1) is 0 Å². The van der Waals surface area contributed by atoms with Crippen molar-refractivity contribution in [2.45, 2.75) is 50.7 Å². The zero-order chi connectivity index (χ0) is 21.7. The number of sulfonamides is 1. The third-order valence-electron chi connectivity index (χ3n) is 5.76. The summed E-state index contributed by atoms with van der Waals surface area (Å²) < 4.78 is 37.0. The number of esters is 1. The maximum Gasteiger partial charge on any atom is 0.374 e. The normalized spacial score (nSPS) is 21.5. The van der Waals surface area contributed by atoms with E-state index < -0.39 is 16.0 Å². The van der Waals surface area contributed by atoms with Crippen molar-refractivity contribution < 1.29 is 27.2 Å². The monoisotopic (exact) mass is 441 g/mol. The van der Waals surface area contributed by atoms with E-state index in [0.29, 0.717) is 25.7 Å². The third kappa shape index (κ3) is 5.04. The summed E-state index contributed by atoms with van der Waals surface area (Å²) in [5, 5.41) is -0.269. The van der Waals surface area contributed by atoms with Crippen LogP contribution in [0.25, 0.3) is 0 Å². The van der Waals surface area contributed by atoms with E-state index in [1.165, 1.54) is 22.9 Å². The molecule has 1 aromatic rings. The minimum atomic E-state index is -3.84. The quantitative estimate of drug-likeness (QED) is 0.592. The molecule has 30 heavy (non-hydrogen) atoms. The van der Waals surface area contributed by atoms with Crippen molar-refractivity contribution >= 4 is 21.9 Å². The molecule has 0 N–H and O–H groups in total. The van der Waals surface area contributed by atoms with Crippen molar-refractivity contribution in [2.75, 3.05) is 45.9 Å². The van der Waals surface area contributed by atoms with Gasteiger partial charge in [0.2, 0.25) is 16.8 Å². The Balaban J connectivity index is 1.55. The SMILES string of the molecule is CCOC(=O)c1ccc(S(=O)(=O)N2CCN(CC(=O)N3CCCCC3CC)CC2)o1. The summed E-state index contributed by atoms with van der Waals surface area (Å²) in [5.74, 6) is -0.694. The standard InChI is InChI=1S/C20H31N3O6S/c1-3-16-7-5-6-10-23(16)18(24)15-21-11-13-22(14-12-21)30(26,27)19-9-8-17(29-19)20(25)28-4-2/h8-9,16H,3-7,10-15H2,1-2H3. The molecule has 0 radical (unpaired) electrons. The number of piperidine rings is 1. The van der Waals surface area contributed by atoms with Crippen molar-refractivity contribution in [3.05, 3.63) is 17.9 Å². The van der Waals surface area contributed by atoms with Gasteiger partial charge in [0.25, 0.3) is 10.0 Å². The second-order valence-corrected chi connectivity index (χ2v) is 9.53. The Kier molecular flexibility index (Phi) is 7.54. The molecular formula is C20H31N3O6S. The fraction of sp³-hybridized carbons (Fsp3) is 0.700. The third-order valence-corrected chi connectivity index (χ3v) is 7.53. The van der Waals surface area contributed by atoms with E-state index in [4.69, 9.17) is 9.15 Å². The molecule has 0 aliphatic carbocycles. The molecule has 2 fully saturated rings. The molecule has 2 saturated heterocycles. The maximum absolute atomic E-state index is 12.8. The van der Waals surface area contributed by atoms with E-state index in [9.17, 15) is 18.0 Å². The average molecular weight is 442 g/mol. The highest BCUT2D eigenvalue weighted by molar-refractivity contribution is 7.89. The van der Waals surface area contributed by atoms with Crippen LogP contribution in [-0.4, -0.2) is 86.3 Å². The summed E-state index contributed by atoms with van der Waals surface area (Å²) >= 11 is 0. The van der Waals surface area contributed by atoms with Crippen LogP contribution in [0.3, 0.4) is 0 Å². The van der Waals surface area contributed by atoms with Crippen molar-refractivity contribution in [3.8, 4) is 0 Å². The van der Waals surface area contributed by atoms with Gasteiger partial charge in [-0.1, -0.05) is 6.92 Å². The van der Waals surface area contributed by atoms with Gasteiger partial charge in [0.1, 0.15) is 0 Å². The predicted molar refractivity (Wildman–Crippen MR) is 110 cm³/mol. The van der Waals surface area contributed by atoms with Gasteiger partial charge in [0.15, 0.2) is 0 Å². The second kappa shape index (κ2) is 9.93. The lowest BCUT2D eigenvalue weighted by Crippen LogP contribution is -2.53. The Labute approximate surface area is 178 Å². The van der Waals surface area contributed by atoms with Crippen LogP contribution in [-0.2, 0) is 19.6 Å². The Morgan fingerprint density at radius 3 is 2.50 bits per heavy atom. The molecule has 0 aromatic carbocycles. The van der Waals surface area contributed by atoms with E-state index >= 15 is 0 Å². The van der Waals surface area contributed by atoms with Gasteiger partial charge in [-0.3, -0.25) is 9.69 Å². The molecule has 10 heteroatoms. The molecule has 9 nitrogen and oxygen atoms in total. The molecule has 1 amide bonds. The summed E-state index contributed by atoms with van der Waals surface area (Å²) in [6.07, 6.45) is 4.24. The molecule has 2 aliphatic rings. The number of piperazine rings is 1. The zero-order valence-corrected chi connectivity index (χ0v) is 18.5. The van der Waals surface area contributed by atoms with Crippen LogP contribution in [0.15, 0.2) is 21.6 Å². The van der Waals surface area contributed by atoms with E-state index in [1.54, 1.807) is 6.92 Å². The number of amides is 1. The number of carbonyl (C=O) groups excluding carboxylic acids is 2. The molecule has 0 spiro atoms. The van der Waals surface area contributed by atoms with Crippen LogP contribution >= 0.6 is 0 Å². The molecule has 3 heterocycles. The Bertz CT molecular complexity index is 844. The van der Waals surface area contributed by atoms with Gasteiger partial charge in [0, 0.05) is 38.8 Å². The smallest absolute Gasteiger partial charge is 0.374 e. The van der Waals surface area contributed by atoms with E-state index in [0.717, 1.165) is 25.8 Å². The molecule has 1 atom stereocenters. The van der Waals surface area contributed by atoms with Gasteiger partial charge in [-0.15, -0.1) is 0 Å². The minimum absolute atomic E-state index is 0.128. The summed E-state index contributed by atoms with van der Waals surface area (Å²) in [6, 6.07) is 2.90. The Hall–Kier alpha value is -1.91. The Morgan fingerprint density at radius 1 is 1.10 bits per heavy atom. The summed E-state index contributed by atoms with van der Waals surface area (Å²) in [4.78, 5) is 28.5. The number of carbonyl (C=O) groups is 2. The maximum atomic E-state index is 12.8. The number of likely N-dealkylation sites (tertiary alicyclic amines) is 1. The molecule has 3 rings (SSSR count). The number of hydrogen-bond acceptors (Lipinski definition) is 7. The summed E-state index contributed by atoms with van der Waals surface area (Å²) in [7, 11) is -3.84. The molecular weight excluding hydrogens is 410 g/mol. The van der Waals surface area contributed by atoms with Crippen LogP contribution in [0.2, 0.25) is 0 Å². The zero-order valence-electron chi connectivity index (χ0n) is 17.7. The molecule has 1 unspecified atom stereocenters. The fourth-order valence-electron chi connectivity index (χ4n) is 4.06. The van der Waals surface area contributed by atoms with Gasteiger partial charge in [-0.25, -0.2) is 13.2 Å². The first-order chi connectivity index (χ1) is 14.4. The number of furan rings is 1. The highest BCUT2D eigenvalue weighted by Gasteiger charge is 2.33. The summed E-state index contributed by atoms with van der Waals surface area (Å²) in [6.45, 7) is 6.56. The highest BCUT2D eigenvalue weighted by atomic mass is 32.2. The second-order valence-electron chi connectivity index (χ2n) is 7.66. The molecule has 168 valence electrons. The lowest BCUT2D eigenvalue weighted by Gasteiger charge is -2.38.